The summed E-state index contributed by atoms with van der Waals surface area (Å²) in [5.74, 6) is 1.68. The van der Waals surface area contributed by atoms with E-state index in [2.05, 4.69) is 6.92 Å². The van der Waals surface area contributed by atoms with Crippen molar-refractivity contribution in [3.8, 4) is 11.5 Å². The summed E-state index contributed by atoms with van der Waals surface area (Å²) in [5.41, 5.74) is 1.16. The van der Waals surface area contributed by atoms with Gasteiger partial charge in [-0.15, -0.1) is 0 Å². The van der Waals surface area contributed by atoms with E-state index in [9.17, 15) is 0 Å². The Labute approximate surface area is 126 Å². The van der Waals surface area contributed by atoms with Crippen molar-refractivity contribution in [1.29, 1.82) is 0 Å². The van der Waals surface area contributed by atoms with Gasteiger partial charge in [-0.2, -0.15) is 0 Å². The predicted molar refractivity (Wildman–Crippen MR) is 83.8 cm³/mol. The first-order chi connectivity index (χ1) is 10.4. The summed E-state index contributed by atoms with van der Waals surface area (Å²) in [7, 11) is 0. The van der Waals surface area contributed by atoms with Crippen molar-refractivity contribution in [2.45, 2.75) is 20.0 Å². The zero-order chi connectivity index (χ0) is 14.8. The summed E-state index contributed by atoms with van der Waals surface area (Å²) < 4.78 is 16.7. The highest BCUT2D eigenvalue weighted by atomic mass is 16.5. The molecule has 0 heterocycles. The van der Waals surface area contributed by atoms with Gasteiger partial charge in [0, 0.05) is 6.61 Å². The first-order valence-corrected chi connectivity index (χ1v) is 7.36. The maximum Gasteiger partial charge on any atom is 0.120 e. The fourth-order valence-corrected chi connectivity index (χ4v) is 1.84. The Morgan fingerprint density at radius 1 is 0.714 bits per heavy atom. The van der Waals surface area contributed by atoms with E-state index in [-0.39, 0.29) is 0 Å². The zero-order valence-corrected chi connectivity index (χ0v) is 12.5. The molecule has 2 aromatic carbocycles. The van der Waals surface area contributed by atoms with Crippen molar-refractivity contribution >= 4 is 0 Å². The fourth-order valence-electron chi connectivity index (χ4n) is 1.84. The summed E-state index contributed by atoms with van der Waals surface area (Å²) in [6, 6.07) is 17.8. The third-order valence-corrected chi connectivity index (χ3v) is 2.92. The Balaban J connectivity index is 1.71. The topological polar surface area (TPSA) is 27.7 Å². The molecule has 21 heavy (non-hydrogen) atoms. The minimum atomic E-state index is 0.574. The summed E-state index contributed by atoms with van der Waals surface area (Å²) in [4.78, 5) is 0. The molecule has 0 unspecified atom stereocenters. The molecule has 112 valence electrons. The molecule has 0 atom stereocenters. The molecule has 0 N–H and O–H groups in total. The molecular formula is C18H22O3. The lowest BCUT2D eigenvalue weighted by atomic mass is 10.2. The quantitative estimate of drug-likeness (QED) is 0.650. The van der Waals surface area contributed by atoms with Crippen LogP contribution in [0.15, 0.2) is 54.6 Å². The van der Waals surface area contributed by atoms with Crippen molar-refractivity contribution in [3.05, 3.63) is 60.2 Å². The standard InChI is InChI=1S/C18H22O3/c1-2-12-19-13-14-20-17-8-10-18(11-9-17)21-15-16-6-4-3-5-7-16/h3-11H,2,12-15H2,1H3. The molecule has 3 nitrogen and oxygen atoms in total. The number of ether oxygens (including phenoxy) is 3. The number of hydrogen-bond donors (Lipinski definition) is 0. The highest BCUT2D eigenvalue weighted by molar-refractivity contribution is 5.31. The summed E-state index contributed by atoms with van der Waals surface area (Å²) in [6.07, 6.45) is 1.04. The summed E-state index contributed by atoms with van der Waals surface area (Å²) >= 11 is 0. The lowest BCUT2D eigenvalue weighted by molar-refractivity contribution is 0.101. The molecule has 0 aromatic heterocycles. The third kappa shape index (κ3) is 5.88. The van der Waals surface area contributed by atoms with E-state index < -0.39 is 0 Å². The predicted octanol–water partition coefficient (Wildman–Crippen LogP) is 4.07. The lowest BCUT2D eigenvalue weighted by Crippen LogP contribution is -2.07. The molecule has 3 heteroatoms. The number of hydrogen-bond acceptors (Lipinski definition) is 3. The molecule has 2 rings (SSSR count). The molecule has 0 amide bonds. The van der Waals surface area contributed by atoms with Gasteiger partial charge in [0.05, 0.1) is 6.61 Å². The van der Waals surface area contributed by atoms with E-state index in [0.29, 0.717) is 19.8 Å². The molecule has 0 aliphatic heterocycles. The minimum absolute atomic E-state index is 0.574. The van der Waals surface area contributed by atoms with Crippen molar-refractivity contribution in [2.24, 2.45) is 0 Å². The average Bonchev–Trinajstić information content (AvgIpc) is 2.55. The molecule has 0 saturated carbocycles. The van der Waals surface area contributed by atoms with Gasteiger partial charge in [-0.05, 0) is 36.2 Å². The first kappa shape index (κ1) is 15.4. The second-order valence-electron chi connectivity index (χ2n) is 4.71. The molecule has 2 aromatic rings. The Morgan fingerprint density at radius 2 is 1.38 bits per heavy atom. The van der Waals surface area contributed by atoms with Crippen LogP contribution < -0.4 is 9.47 Å². The normalized spacial score (nSPS) is 10.3. The van der Waals surface area contributed by atoms with Gasteiger partial charge >= 0.3 is 0 Å². The Morgan fingerprint density at radius 3 is 2.05 bits per heavy atom. The van der Waals surface area contributed by atoms with Crippen LogP contribution in [0.1, 0.15) is 18.9 Å². The number of benzene rings is 2. The Kier molecular flexibility index (Phi) is 6.62. The zero-order valence-electron chi connectivity index (χ0n) is 12.5. The van der Waals surface area contributed by atoms with Crippen LogP contribution in [0.25, 0.3) is 0 Å². The summed E-state index contributed by atoms with van der Waals surface area (Å²) in [5, 5.41) is 0. The monoisotopic (exact) mass is 286 g/mol. The van der Waals surface area contributed by atoms with Crippen LogP contribution in [0, 0.1) is 0 Å². The van der Waals surface area contributed by atoms with Crippen molar-refractivity contribution < 1.29 is 14.2 Å². The molecule has 0 saturated heterocycles. The molecular weight excluding hydrogens is 264 g/mol. The van der Waals surface area contributed by atoms with Crippen molar-refractivity contribution in [3.63, 3.8) is 0 Å². The van der Waals surface area contributed by atoms with Crippen molar-refractivity contribution in [2.75, 3.05) is 19.8 Å². The lowest BCUT2D eigenvalue weighted by Gasteiger charge is -2.09. The molecule has 0 radical (unpaired) electrons. The number of rotatable bonds is 9. The van der Waals surface area contributed by atoms with Crippen molar-refractivity contribution in [1.82, 2.24) is 0 Å². The average molecular weight is 286 g/mol. The van der Waals surface area contributed by atoms with Crippen LogP contribution >= 0.6 is 0 Å². The van der Waals surface area contributed by atoms with Gasteiger partial charge in [-0.1, -0.05) is 37.3 Å². The van der Waals surface area contributed by atoms with Crippen LogP contribution in [-0.2, 0) is 11.3 Å². The van der Waals surface area contributed by atoms with Crippen LogP contribution in [-0.4, -0.2) is 19.8 Å². The van der Waals surface area contributed by atoms with E-state index in [1.54, 1.807) is 0 Å². The molecule has 0 aliphatic rings. The minimum Gasteiger partial charge on any atom is -0.491 e. The van der Waals surface area contributed by atoms with E-state index in [1.807, 2.05) is 54.6 Å². The Bertz CT molecular complexity index is 494. The van der Waals surface area contributed by atoms with Gasteiger partial charge in [-0.3, -0.25) is 0 Å². The van der Waals surface area contributed by atoms with E-state index in [1.165, 1.54) is 0 Å². The van der Waals surface area contributed by atoms with Gasteiger partial charge < -0.3 is 14.2 Å². The van der Waals surface area contributed by atoms with E-state index in [0.717, 1.165) is 30.1 Å². The second-order valence-corrected chi connectivity index (χ2v) is 4.71. The van der Waals surface area contributed by atoms with Gasteiger partial charge in [-0.25, -0.2) is 0 Å². The molecule has 0 bridgehead atoms. The second kappa shape index (κ2) is 9.03. The third-order valence-electron chi connectivity index (χ3n) is 2.92. The maximum atomic E-state index is 5.72. The SMILES string of the molecule is CCCOCCOc1ccc(OCc2ccccc2)cc1. The van der Waals surface area contributed by atoms with Gasteiger partial charge in [0.2, 0.25) is 0 Å². The van der Waals surface area contributed by atoms with Crippen LogP contribution in [0.2, 0.25) is 0 Å². The highest BCUT2D eigenvalue weighted by Gasteiger charge is 1.98. The molecule has 0 fully saturated rings. The first-order valence-electron chi connectivity index (χ1n) is 7.36. The van der Waals surface area contributed by atoms with Crippen LogP contribution in [0.4, 0.5) is 0 Å². The smallest absolute Gasteiger partial charge is 0.120 e. The fraction of sp³-hybridized carbons (Fsp3) is 0.333. The van der Waals surface area contributed by atoms with E-state index >= 15 is 0 Å². The molecule has 0 spiro atoms. The van der Waals surface area contributed by atoms with E-state index in [4.69, 9.17) is 14.2 Å². The van der Waals surface area contributed by atoms with Gasteiger partial charge in [0.1, 0.15) is 24.7 Å². The Hall–Kier alpha value is -2.00. The van der Waals surface area contributed by atoms with Gasteiger partial charge in [0.15, 0.2) is 0 Å². The highest BCUT2D eigenvalue weighted by Crippen LogP contribution is 2.18. The maximum absolute atomic E-state index is 5.72. The van der Waals surface area contributed by atoms with Crippen LogP contribution in [0.3, 0.4) is 0 Å². The largest absolute Gasteiger partial charge is 0.491 e. The van der Waals surface area contributed by atoms with Gasteiger partial charge in [0.25, 0.3) is 0 Å². The molecule has 0 aliphatic carbocycles. The van der Waals surface area contributed by atoms with Crippen LogP contribution in [0.5, 0.6) is 11.5 Å². The summed E-state index contributed by atoms with van der Waals surface area (Å²) in [6.45, 7) is 4.65.